The molecule has 0 spiro atoms. The number of amides is 2. The summed E-state index contributed by atoms with van der Waals surface area (Å²) in [6.45, 7) is 0.308. The van der Waals surface area contributed by atoms with Crippen LogP contribution in [0, 0.1) is 0 Å². The molecule has 0 fully saturated rings. The van der Waals surface area contributed by atoms with Gasteiger partial charge in [0.15, 0.2) is 0 Å². The second kappa shape index (κ2) is 4.29. The average Bonchev–Trinajstić information content (AvgIpc) is 2.88. The van der Waals surface area contributed by atoms with Crippen molar-refractivity contribution >= 4 is 39.1 Å². The van der Waals surface area contributed by atoms with Crippen LogP contribution in [0.1, 0.15) is 25.6 Å². The summed E-state index contributed by atoms with van der Waals surface area (Å²) in [7, 11) is 0. The summed E-state index contributed by atoms with van der Waals surface area (Å²) >= 11 is 4.87. The zero-order chi connectivity index (χ0) is 12.7. The molecular weight excluding hydrogens is 316 g/mol. The second-order valence-corrected chi connectivity index (χ2v) is 6.37. The molecule has 1 aliphatic rings. The maximum atomic E-state index is 12.1. The molecule has 0 unspecified atom stereocenters. The topological polar surface area (TPSA) is 50.3 Å². The highest BCUT2D eigenvalue weighted by Gasteiger charge is 2.35. The number of hydrogen-bond acceptors (Lipinski definition) is 4. The zero-order valence-corrected chi connectivity index (χ0v) is 11.5. The number of thiophene rings is 1. The number of halogens is 1. The minimum absolute atomic E-state index is 0.248. The average molecular weight is 323 g/mol. The van der Waals surface area contributed by atoms with Gasteiger partial charge in [0, 0.05) is 17.3 Å². The summed E-state index contributed by atoms with van der Waals surface area (Å²) in [5.41, 5.74) is 0.823. The number of fused-ring (bicyclic) bond motifs is 1. The van der Waals surface area contributed by atoms with E-state index in [2.05, 4.69) is 20.9 Å². The Labute approximate surface area is 115 Å². The van der Waals surface area contributed by atoms with Crippen molar-refractivity contribution in [2.24, 2.45) is 0 Å². The summed E-state index contributed by atoms with van der Waals surface area (Å²) in [5.74, 6) is -0.519. The fourth-order valence-electron chi connectivity index (χ4n) is 1.87. The van der Waals surface area contributed by atoms with Gasteiger partial charge in [0.2, 0.25) is 0 Å². The highest BCUT2D eigenvalue weighted by Crippen LogP contribution is 2.27. The molecule has 18 heavy (non-hydrogen) atoms. The Morgan fingerprint density at radius 2 is 1.94 bits per heavy atom. The molecule has 90 valence electrons. The molecule has 1 aliphatic heterocycles. The SMILES string of the molecule is O=C1c2ccncc2C(=O)N1Cc1ccc(Br)s1. The lowest BCUT2D eigenvalue weighted by Crippen LogP contribution is -2.28. The lowest BCUT2D eigenvalue weighted by atomic mass is 10.2. The van der Waals surface area contributed by atoms with Gasteiger partial charge in [0.1, 0.15) is 0 Å². The van der Waals surface area contributed by atoms with Crippen LogP contribution < -0.4 is 0 Å². The van der Waals surface area contributed by atoms with Crippen LogP contribution in [0.15, 0.2) is 34.4 Å². The molecule has 0 N–H and O–H groups in total. The predicted molar refractivity (Wildman–Crippen MR) is 70.5 cm³/mol. The molecule has 0 bridgehead atoms. The van der Waals surface area contributed by atoms with Gasteiger partial charge in [-0.2, -0.15) is 0 Å². The number of carbonyl (C=O) groups excluding carboxylic acids is 2. The van der Waals surface area contributed by atoms with Crippen LogP contribution in [0.25, 0.3) is 0 Å². The molecular formula is C12H7BrN2O2S. The summed E-state index contributed by atoms with van der Waals surface area (Å²) in [5, 5.41) is 0. The van der Waals surface area contributed by atoms with Crippen LogP contribution >= 0.6 is 27.3 Å². The molecule has 3 heterocycles. The van der Waals surface area contributed by atoms with Gasteiger partial charge >= 0.3 is 0 Å². The maximum Gasteiger partial charge on any atom is 0.263 e. The lowest BCUT2D eigenvalue weighted by molar-refractivity contribution is 0.0644. The number of nitrogens with zero attached hydrogens (tertiary/aromatic N) is 2. The van der Waals surface area contributed by atoms with Crippen LogP contribution in [0.5, 0.6) is 0 Å². The van der Waals surface area contributed by atoms with E-state index in [4.69, 9.17) is 0 Å². The Bertz CT molecular complexity index is 618. The van der Waals surface area contributed by atoms with Gasteiger partial charge in [-0.15, -0.1) is 11.3 Å². The molecule has 0 saturated carbocycles. The second-order valence-electron chi connectivity index (χ2n) is 3.82. The minimum Gasteiger partial charge on any atom is -0.269 e. The Hall–Kier alpha value is -1.53. The van der Waals surface area contributed by atoms with Gasteiger partial charge in [0.05, 0.1) is 21.5 Å². The van der Waals surface area contributed by atoms with E-state index >= 15 is 0 Å². The lowest BCUT2D eigenvalue weighted by Gasteiger charge is -2.11. The minimum atomic E-state index is -0.271. The third-order valence-electron chi connectivity index (χ3n) is 2.72. The first kappa shape index (κ1) is 11.6. The number of pyridine rings is 1. The van der Waals surface area contributed by atoms with Crippen LogP contribution in [-0.4, -0.2) is 21.7 Å². The van der Waals surface area contributed by atoms with E-state index in [0.29, 0.717) is 17.7 Å². The van der Waals surface area contributed by atoms with Crippen molar-refractivity contribution in [2.45, 2.75) is 6.54 Å². The molecule has 2 aromatic heterocycles. The third kappa shape index (κ3) is 1.77. The van der Waals surface area contributed by atoms with Crippen molar-refractivity contribution in [3.63, 3.8) is 0 Å². The van der Waals surface area contributed by atoms with Crippen LogP contribution in [-0.2, 0) is 6.54 Å². The highest BCUT2D eigenvalue weighted by molar-refractivity contribution is 9.11. The van der Waals surface area contributed by atoms with E-state index in [1.54, 1.807) is 6.07 Å². The van der Waals surface area contributed by atoms with E-state index in [-0.39, 0.29) is 11.8 Å². The van der Waals surface area contributed by atoms with Gasteiger partial charge in [-0.1, -0.05) is 0 Å². The number of aromatic nitrogens is 1. The molecule has 2 aromatic rings. The Morgan fingerprint density at radius 3 is 2.61 bits per heavy atom. The Kier molecular flexibility index (Phi) is 2.76. The van der Waals surface area contributed by atoms with Gasteiger partial charge in [-0.05, 0) is 34.1 Å². The smallest absolute Gasteiger partial charge is 0.263 e. The molecule has 0 radical (unpaired) electrons. The van der Waals surface area contributed by atoms with Gasteiger partial charge in [-0.3, -0.25) is 19.5 Å². The Morgan fingerprint density at radius 1 is 1.17 bits per heavy atom. The number of hydrogen-bond donors (Lipinski definition) is 0. The van der Waals surface area contributed by atoms with E-state index in [1.165, 1.54) is 28.6 Å². The fraction of sp³-hybridized carbons (Fsp3) is 0.0833. The number of rotatable bonds is 2. The molecule has 4 nitrogen and oxygen atoms in total. The van der Waals surface area contributed by atoms with Crippen molar-refractivity contribution in [2.75, 3.05) is 0 Å². The first-order valence-electron chi connectivity index (χ1n) is 5.21. The first-order valence-corrected chi connectivity index (χ1v) is 6.82. The normalized spacial score (nSPS) is 14.2. The van der Waals surface area contributed by atoms with E-state index in [1.807, 2.05) is 12.1 Å². The third-order valence-corrected chi connectivity index (χ3v) is 4.32. The standard InChI is InChI=1S/C12H7BrN2O2S/c13-10-2-1-7(18-10)6-15-11(16)8-3-4-14-5-9(8)12(15)17/h1-5H,6H2. The molecule has 3 rings (SSSR count). The zero-order valence-electron chi connectivity index (χ0n) is 9.09. The predicted octanol–water partition coefficient (Wildman–Crippen LogP) is 2.70. The molecule has 0 aromatic carbocycles. The van der Waals surface area contributed by atoms with Crippen LogP contribution in [0.3, 0.4) is 0 Å². The van der Waals surface area contributed by atoms with Crippen LogP contribution in [0.4, 0.5) is 0 Å². The van der Waals surface area contributed by atoms with E-state index in [0.717, 1.165) is 8.66 Å². The molecule has 0 saturated heterocycles. The fourth-order valence-corrected chi connectivity index (χ4v) is 3.34. The molecule has 2 amide bonds. The largest absolute Gasteiger partial charge is 0.269 e. The van der Waals surface area contributed by atoms with Crippen molar-refractivity contribution in [1.82, 2.24) is 9.88 Å². The summed E-state index contributed by atoms with van der Waals surface area (Å²) in [6, 6.07) is 5.39. The number of imide groups is 1. The maximum absolute atomic E-state index is 12.1. The van der Waals surface area contributed by atoms with Crippen molar-refractivity contribution < 1.29 is 9.59 Å². The van der Waals surface area contributed by atoms with Gasteiger partial charge in [0.25, 0.3) is 11.8 Å². The van der Waals surface area contributed by atoms with Crippen LogP contribution in [0.2, 0.25) is 0 Å². The van der Waals surface area contributed by atoms with Crippen molar-refractivity contribution in [3.8, 4) is 0 Å². The van der Waals surface area contributed by atoms with Crippen molar-refractivity contribution in [3.05, 3.63) is 50.4 Å². The highest BCUT2D eigenvalue weighted by atomic mass is 79.9. The van der Waals surface area contributed by atoms with Gasteiger partial charge < -0.3 is 0 Å². The summed E-state index contributed by atoms with van der Waals surface area (Å²) in [4.78, 5) is 30.3. The van der Waals surface area contributed by atoms with Gasteiger partial charge in [-0.25, -0.2) is 0 Å². The molecule has 0 atom stereocenters. The monoisotopic (exact) mass is 322 g/mol. The molecule has 6 heteroatoms. The first-order chi connectivity index (χ1) is 8.66. The Balaban J connectivity index is 1.92. The summed E-state index contributed by atoms with van der Waals surface area (Å²) < 4.78 is 0.982. The van der Waals surface area contributed by atoms with E-state index < -0.39 is 0 Å². The summed E-state index contributed by atoms with van der Waals surface area (Å²) in [6.07, 6.45) is 2.97. The van der Waals surface area contributed by atoms with Crippen molar-refractivity contribution in [1.29, 1.82) is 0 Å². The molecule has 0 aliphatic carbocycles. The van der Waals surface area contributed by atoms with E-state index in [9.17, 15) is 9.59 Å². The number of carbonyl (C=O) groups is 2. The quantitative estimate of drug-likeness (QED) is 0.799.